The van der Waals surface area contributed by atoms with E-state index < -0.39 is 0 Å². The lowest BCUT2D eigenvalue weighted by molar-refractivity contribution is 0.212. The Morgan fingerprint density at radius 2 is 1.90 bits per heavy atom. The van der Waals surface area contributed by atoms with Gasteiger partial charge in [0.15, 0.2) is 0 Å². The zero-order valence-corrected chi connectivity index (χ0v) is 14.6. The fraction of sp³-hybridized carbons (Fsp3) is 0.778. The summed E-state index contributed by atoms with van der Waals surface area (Å²) in [4.78, 5) is 2.98. The van der Waals surface area contributed by atoms with Crippen LogP contribution in [0.1, 0.15) is 68.5 Å². The first kappa shape index (κ1) is 17.0. The van der Waals surface area contributed by atoms with Crippen LogP contribution in [0.4, 0.5) is 0 Å². The standard InChI is InChI=1S/C18H32N2S/c1-3-5-6-14-7-9-15(10-8-14)18(20-19)13-17-12-11-16(4-2)21-17/h11-12,14-15,18,20H,3-10,13,19H2,1-2H3. The number of unbranched alkanes of at least 4 members (excludes halogenated alkanes) is 1. The van der Waals surface area contributed by atoms with E-state index in [1.807, 2.05) is 11.3 Å². The van der Waals surface area contributed by atoms with Gasteiger partial charge in [-0.25, -0.2) is 0 Å². The number of hydrogen-bond acceptors (Lipinski definition) is 3. The SMILES string of the molecule is CCCCC1CCC(C(Cc2ccc(CC)s2)NN)CC1. The van der Waals surface area contributed by atoms with E-state index in [1.165, 1.54) is 54.7 Å². The van der Waals surface area contributed by atoms with Crippen molar-refractivity contribution in [2.45, 2.75) is 77.7 Å². The van der Waals surface area contributed by atoms with Crippen molar-refractivity contribution in [1.82, 2.24) is 5.43 Å². The first-order chi connectivity index (χ1) is 10.3. The first-order valence-corrected chi connectivity index (χ1v) is 9.62. The molecule has 1 saturated carbocycles. The highest BCUT2D eigenvalue weighted by Gasteiger charge is 2.27. The van der Waals surface area contributed by atoms with Crippen molar-refractivity contribution in [2.75, 3.05) is 0 Å². The average molecular weight is 309 g/mol. The van der Waals surface area contributed by atoms with Crippen LogP contribution in [0.2, 0.25) is 0 Å². The van der Waals surface area contributed by atoms with Crippen LogP contribution in [0, 0.1) is 11.8 Å². The molecule has 2 nitrogen and oxygen atoms in total. The normalized spacial score (nSPS) is 24.1. The third-order valence-corrected chi connectivity index (χ3v) is 6.38. The summed E-state index contributed by atoms with van der Waals surface area (Å²) in [5, 5.41) is 0. The maximum absolute atomic E-state index is 5.86. The smallest absolute Gasteiger partial charge is 0.0287 e. The Hall–Kier alpha value is -0.380. The number of thiophene rings is 1. The molecule has 1 aromatic heterocycles. The summed E-state index contributed by atoms with van der Waals surface area (Å²) >= 11 is 1.96. The quantitative estimate of drug-likeness (QED) is 0.540. The second-order valence-corrected chi connectivity index (χ2v) is 7.87. The molecule has 1 aliphatic rings. The zero-order chi connectivity index (χ0) is 15.1. The summed E-state index contributed by atoms with van der Waals surface area (Å²) in [5.41, 5.74) is 3.11. The van der Waals surface area contributed by atoms with Crippen LogP contribution in [0.5, 0.6) is 0 Å². The molecule has 2 rings (SSSR count). The zero-order valence-electron chi connectivity index (χ0n) is 13.7. The van der Waals surface area contributed by atoms with E-state index in [9.17, 15) is 0 Å². The van der Waals surface area contributed by atoms with Crippen LogP contribution < -0.4 is 11.3 Å². The van der Waals surface area contributed by atoms with E-state index in [0.717, 1.165) is 24.7 Å². The van der Waals surface area contributed by atoms with Crippen molar-refractivity contribution in [2.24, 2.45) is 17.7 Å². The molecule has 0 radical (unpaired) electrons. The molecule has 1 aromatic rings. The fourth-order valence-corrected chi connectivity index (χ4v) is 4.69. The van der Waals surface area contributed by atoms with E-state index in [1.54, 1.807) is 0 Å². The van der Waals surface area contributed by atoms with Gasteiger partial charge in [-0.2, -0.15) is 0 Å². The molecule has 1 atom stereocenters. The molecular weight excluding hydrogens is 276 g/mol. The number of rotatable bonds is 8. The van der Waals surface area contributed by atoms with Crippen molar-refractivity contribution in [3.63, 3.8) is 0 Å². The number of nitrogens with two attached hydrogens (primary N) is 1. The lowest BCUT2D eigenvalue weighted by Crippen LogP contribution is -2.43. The maximum atomic E-state index is 5.86. The predicted octanol–water partition coefficient (Wildman–Crippen LogP) is 4.68. The van der Waals surface area contributed by atoms with Gasteiger partial charge in [0.05, 0.1) is 0 Å². The first-order valence-electron chi connectivity index (χ1n) is 8.80. The number of aryl methyl sites for hydroxylation is 1. The molecule has 0 aliphatic heterocycles. The molecule has 1 heterocycles. The number of nitrogens with one attached hydrogen (secondary N) is 1. The minimum Gasteiger partial charge on any atom is -0.271 e. The van der Waals surface area contributed by atoms with Gasteiger partial charge < -0.3 is 0 Å². The average Bonchev–Trinajstić information content (AvgIpc) is 2.99. The highest BCUT2D eigenvalue weighted by molar-refractivity contribution is 7.11. The molecule has 0 aromatic carbocycles. The molecular formula is C18H32N2S. The van der Waals surface area contributed by atoms with Gasteiger partial charge in [0.2, 0.25) is 0 Å². The topological polar surface area (TPSA) is 38.0 Å². The molecule has 1 fully saturated rings. The summed E-state index contributed by atoms with van der Waals surface area (Å²) in [6.45, 7) is 4.53. The summed E-state index contributed by atoms with van der Waals surface area (Å²) in [7, 11) is 0. The molecule has 0 saturated heterocycles. The molecule has 21 heavy (non-hydrogen) atoms. The number of hydrogen-bond donors (Lipinski definition) is 2. The van der Waals surface area contributed by atoms with Gasteiger partial charge in [-0.1, -0.05) is 46.0 Å². The van der Waals surface area contributed by atoms with Gasteiger partial charge in [0.1, 0.15) is 0 Å². The van der Waals surface area contributed by atoms with Crippen LogP contribution in [0.3, 0.4) is 0 Å². The van der Waals surface area contributed by atoms with E-state index in [-0.39, 0.29) is 0 Å². The van der Waals surface area contributed by atoms with Gasteiger partial charge in [-0.15, -0.1) is 11.3 Å². The predicted molar refractivity (Wildman–Crippen MR) is 93.5 cm³/mol. The van der Waals surface area contributed by atoms with E-state index in [4.69, 9.17) is 5.84 Å². The Bertz CT molecular complexity index is 394. The van der Waals surface area contributed by atoms with Gasteiger partial charge in [0, 0.05) is 15.8 Å². The van der Waals surface area contributed by atoms with Crippen molar-refractivity contribution in [1.29, 1.82) is 0 Å². The third-order valence-electron chi connectivity index (χ3n) is 5.13. The Morgan fingerprint density at radius 3 is 2.48 bits per heavy atom. The molecule has 0 spiro atoms. The monoisotopic (exact) mass is 308 g/mol. The van der Waals surface area contributed by atoms with Crippen LogP contribution >= 0.6 is 11.3 Å². The minimum absolute atomic E-state index is 0.459. The van der Waals surface area contributed by atoms with E-state index in [0.29, 0.717) is 6.04 Å². The van der Waals surface area contributed by atoms with Crippen LogP contribution in [0.15, 0.2) is 12.1 Å². The van der Waals surface area contributed by atoms with E-state index >= 15 is 0 Å². The van der Waals surface area contributed by atoms with E-state index in [2.05, 4.69) is 31.4 Å². The molecule has 0 amide bonds. The Morgan fingerprint density at radius 1 is 1.19 bits per heavy atom. The maximum Gasteiger partial charge on any atom is 0.0287 e. The van der Waals surface area contributed by atoms with Crippen LogP contribution in [-0.4, -0.2) is 6.04 Å². The summed E-state index contributed by atoms with van der Waals surface area (Å²) < 4.78 is 0. The molecule has 0 bridgehead atoms. The highest BCUT2D eigenvalue weighted by Crippen LogP contribution is 2.34. The summed E-state index contributed by atoms with van der Waals surface area (Å²) in [6.07, 6.45) is 12.0. The minimum atomic E-state index is 0.459. The second kappa shape index (κ2) is 8.92. The van der Waals surface area contributed by atoms with Gasteiger partial charge in [0.25, 0.3) is 0 Å². The van der Waals surface area contributed by atoms with Crippen molar-refractivity contribution in [3.8, 4) is 0 Å². The second-order valence-electron chi connectivity index (χ2n) is 6.62. The van der Waals surface area contributed by atoms with Crippen molar-refractivity contribution in [3.05, 3.63) is 21.9 Å². The lowest BCUT2D eigenvalue weighted by atomic mass is 9.76. The molecule has 1 unspecified atom stereocenters. The lowest BCUT2D eigenvalue weighted by Gasteiger charge is -2.33. The summed E-state index contributed by atoms with van der Waals surface area (Å²) in [6, 6.07) is 5.02. The fourth-order valence-electron chi connectivity index (χ4n) is 3.67. The Labute approximate surface area is 134 Å². The largest absolute Gasteiger partial charge is 0.271 e. The van der Waals surface area contributed by atoms with Crippen LogP contribution in [0.25, 0.3) is 0 Å². The van der Waals surface area contributed by atoms with Crippen molar-refractivity contribution >= 4 is 11.3 Å². The van der Waals surface area contributed by atoms with Gasteiger partial charge >= 0.3 is 0 Å². The highest BCUT2D eigenvalue weighted by atomic mass is 32.1. The summed E-state index contributed by atoms with van der Waals surface area (Å²) in [5.74, 6) is 7.60. The number of hydrazine groups is 1. The third kappa shape index (κ3) is 5.08. The Balaban J connectivity index is 1.81. The van der Waals surface area contributed by atoms with Gasteiger partial charge in [-0.05, 0) is 49.7 Å². The molecule has 3 heteroatoms. The van der Waals surface area contributed by atoms with Crippen LogP contribution in [-0.2, 0) is 12.8 Å². The Kier molecular flexibility index (Phi) is 7.21. The van der Waals surface area contributed by atoms with Gasteiger partial charge in [-0.3, -0.25) is 11.3 Å². The van der Waals surface area contributed by atoms with Crippen molar-refractivity contribution < 1.29 is 0 Å². The molecule has 3 N–H and O–H groups in total. The molecule has 1 aliphatic carbocycles. The molecule has 120 valence electrons.